The number of methoxy groups -OCH3 is 1. The van der Waals surface area contributed by atoms with E-state index in [1.165, 1.54) is 21.9 Å². The highest BCUT2D eigenvalue weighted by atomic mass is 79.9. The Morgan fingerprint density at radius 1 is 0.895 bits per heavy atom. The number of pyridine rings is 1. The Morgan fingerprint density at radius 3 is 2.42 bits per heavy atom. The largest absolute Gasteiger partial charge is 0.481 e. The van der Waals surface area contributed by atoms with Crippen LogP contribution in [0.2, 0.25) is 0 Å². The first-order valence-corrected chi connectivity index (χ1v) is 13.8. The monoisotopic (exact) mass is 567 g/mol. The van der Waals surface area contributed by atoms with Crippen LogP contribution in [-0.4, -0.2) is 43.9 Å². The summed E-state index contributed by atoms with van der Waals surface area (Å²) in [7, 11) is 6.19. The molecule has 1 fully saturated rings. The molecule has 4 aromatic carbocycles. The highest BCUT2D eigenvalue weighted by molar-refractivity contribution is 9.10. The molecule has 0 aliphatic carbocycles. The molecule has 2 unspecified atom stereocenters. The molecule has 2 atom stereocenters. The molecule has 0 bridgehead atoms. The molecule has 1 aromatic heterocycles. The Bertz CT molecular complexity index is 1600. The minimum atomic E-state index is -0.620. The van der Waals surface area contributed by atoms with Crippen molar-refractivity contribution in [2.45, 2.75) is 17.9 Å². The predicted molar refractivity (Wildman–Crippen MR) is 157 cm³/mol. The van der Waals surface area contributed by atoms with Gasteiger partial charge in [-0.05, 0) is 46.2 Å². The van der Waals surface area contributed by atoms with Crippen LogP contribution in [0.3, 0.4) is 0 Å². The summed E-state index contributed by atoms with van der Waals surface area (Å²) in [4.78, 5) is 4.99. The molecule has 0 radical (unpaired) electrons. The Morgan fingerprint density at radius 2 is 1.66 bits per heavy atom. The molecule has 2 heterocycles. The summed E-state index contributed by atoms with van der Waals surface area (Å²) in [6.07, 6.45) is 0.854. The minimum absolute atomic E-state index is 0.138. The van der Waals surface area contributed by atoms with E-state index in [1.54, 1.807) is 7.11 Å². The van der Waals surface area contributed by atoms with E-state index in [9.17, 15) is 0 Å². The molecule has 0 amide bonds. The van der Waals surface area contributed by atoms with Crippen LogP contribution in [-0.2, 0) is 10.3 Å². The van der Waals surface area contributed by atoms with Gasteiger partial charge >= 0.3 is 0 Å². The fourth-order valence-corrected chi connectivity index (χ4v) is 6.33. The molecule has 0 saturated carbocycles. The standard InChI is InChI=1S/C33H32BrN2O2/c1-36(2)19-18-33(38-22-36,29-15-9-13-23-10-7-8-14-27(23)29)31(24-11-5-4-6-12-24)28-21-25-20-26(34)16-17-30(25)35-32(28)37-3/h4-17,20-21,31H,18-19,22H2,1-3H3/q+1. The fraction of sp³-hybridized carbons (Fsp3) is 0.242. The lowest BCUT2D eigenvalue weighted by molar-refractivity contribution is -0.922. The van der Waals surface area contributed by atoms with Crippen LogP contribution in [0.5, 0.6) is 5.88 Å². The third-order valence-corrected chi connectivity index (χ3v) is 8.37. The molecule has 5 heteroatoms. The molecular formula is C33H32BrN2O2+. The first-order chi connectivity index (χ1) is 18.4. The molecule has 38 heavy (non-hydrogen) atoms. The number of nitrogens with zero attached hydrogens (tertiary/aromatic N) is 2. The summed E-state index contributed by atoms with van der Waals surface area (Å²) in [5, 5.41) is 3.50. The number of quaternary nitrogens is 1. The number of hydrogen-bond acceptors (Lipinski definition) is 3. The number of halogens is 1. The third kappa shape index (κ3) is 4.39. The van der Waals surface area contributed by atoms with Crippen LogP contribution < -0.4 is 4.74 Å². The quantitative estimate of drug-likeness (QED) is 0.204. The van der Waals surface area contributed by atoms with E-state index in [4.69, 9.17) is 14.5 Å². The van der Waals surface area contributed by atoms with Gasteiger partial charge in [0.15, 0.2) is 6.73 Å². The van der Waals surface area contributed by atoms with Crippen LogP contribution in [0.15, 0.2) is 102 Å². The van der Waals surface area contributed by atoms with Crippen molar-refractivity contribution in [3.05, 3.63) is 118 Å². The summed E-state index contributed by atoms with van der Waals surface area (Å²) in [5.41, 5.74) is 3.71. The van der Waals surface area contributed by atoms with E-state index in [1.807, 2.05) is 12.1 Å². The van der Waals surface area contributed by atoms with Crippen molar-refractivity contribution in [2.75, 3.05) is 34.5 Å². The molecule has 1 saturated heterocycles. The molecule has 5 aromatic rings. The van der Waals surface area contributed by atoms with Crippen molar-refractivity contribution < 1.29 is 14.0 Å². The number of rotatable bonds is 5. The van der Waals surface area contributed by atoms with Crippen molar-refractivity contribution in [3.8, 4) is 5.88 Å². The second-order valence-electron chi connectivity index (χ2n) is 10.9. The summed E-state index contributed by atoms with van der Waals surface area (Å²) >= 11 is 3.65. The SMILES string of the molecule is COc1nc2ccc(Br)cc2cc1C(c1ccccc1)C1(c2cccc3ccccc23)CC[N+](C)(C)CO1. The topological polar surface area (TPSA) is 31.4 Å². The molecular weight excluding hydrogens is 536 g/mol. The maximum atomic E-state index is 7.16. The number of fused-ring (bicyclic) bond motifs is 2. The zero-order chi connectivity index (χ0) is 26.3. The average Bonchev–Trinajstić information content (AvgIpc) is 2.94. The lowest BCUT2D eigenvalue weighted by Crippen LogP contribution is -2.55. The van der Waals surface area contributed by atoms with E-state index in [2.05, 4.69) is 115 Å². The average molecular weight is 569 g/mol. The van der Waals surface area contributed by atoms with E-state index in [0.29, 0.717) is 12.6 Å². The first kappa shape index (κ1) is 25.1. The second-order valence-corrected chi connectivity index (χ2v) is 11.8. The maximum absolute atomic E-state index is 7.16. The number of benzene rings is 4. The van der Waals surface area contributed by atoms with Crippen LogP contribution in [0.1, 0.15) is 29.0 Å². The van der Waals surface area contributed by atoms with Gasteiger partial charge in [0.05, 0.1) is 33.3 Å². The third-order valence-electron chi connectivity index (χ3n) is 7.88. The van der Waals surface area contributed by atoms with Crippen molar-refractivity contribution in [1.29, 1.82) is 0 Å². The van der Waals surface area contributed by atoms with E-state index in [-0.39, 0.29) is 5.92 Å². The van der Waals surface area contributed by atoms with Gasteiger partial charge < -0.3 is 14.0 Å². The Hall–Kier alpha value is -3.25. The van der Waals surface area contributed by atoms with Gasteiger partial charge in [-0.15, -0.1) is 0 Å². The fourth-order valence-electron chi connectivity index (χ4n) is 5.95. The molecule has 192 valence electrons. The van der Waals surface area contributed by atoms with Gasteiger partial charge in [0, 0.05) is 27.8 Å². The van der Waals surface area contributed by atoms with Gasteiger partial charge in [0.1, 0.15) is 5.60 Å². The Kier molecular flexibility index (Phi) is 6.47. The molecule has 1 aliphatic rings. The molecule has 4 nitrogen and oxygen atoms in total. The second kappa shape index (κ2) is 9.81. The molecule has 0 N–H and O–H groups in total. The molecule has 1 aliphatic heterocycles. The lowest BCUT2D eigenvalue weighted by atomic mass is 9.70. The summed E-state index contributed by atoms with van der Waals surface area (Å²) in [6.45, 7) is 1.60. The van der Waals surface area contributed by atoms with E-state index >= 15 is 0 Å². The van der Waals surface area contributed by atoms with Crippen molar-refractivity contribution >= 4 is 37.6 Å². The lowest BCUT2D eigenvalue weighted by Gasteiger charge is -2.49. The normalized spacial score (nSPS) is 19.9. The number of ether oxygens (including phenoxy) is 2. The first-order valence-electron chi connectivity index (χ1n) is 13.0. The van der Waals surface area contributed by atoms with Gasteiger partial charge in [-0.1, -0.05) is 88.7 Å². The zero-order valence-electron chi connectivity index (χ0n) is 22.0. The van der Waals surface area contributed by atoms with Crippen LogP contribution in [0.4, 0.5) is 0 Å². The number of aromatic nitrogens is 1. The summed E-state index contributed by atoms with van der Waals surface area (Å²) in [6, 6.07) is 34.3. The Balaban J connectivity index is 1.68. The smallest absolute Gasteiger partial charge is 0.217 e. The van der Waals surface area contributed by atoms with Crippen LogP contribution in [0.25, 0.3) is 21.7 Å². The van der Waals surface area contributed by atoms with E-state index < -0.39 is 5.60 Å². The summed E-state index contributed by atoms with van der Waals surface area (Å²) in [5.74, 6) is 0.497. The van der Waals surface area contributed by atoms with Gasteiger partial charge in [0.25, 0.3) is 0 Å². The van der Waals surface area contributed by atoms with Gasteiger partial charge in [-0.2, -0.15) is 0 Å². The van der Waals surface area contributed by atoms with Crippen molar-refractivity contribution in [3.63, 3.8) is 0 Å². The van der Waals surface area contributed by atoms with Crippen LogP contribution in [0, 0.1) is 0 Å². The maximum Gasteiger partial charge on any atom is 0.217 e. The highest BCUT2D eigenvalue weighted by Crippen LogP contribution is 2.52. The highest BCUT2D eigenvalue weighted by Gasteiger charge is 2.50. The number of hydrogen-bond donors (Lipinski definition) is 0. The molecule has 6 rings (SSSR count). The van der Waals surface area contributed by atoms with Gasteiger partial charge in [0.2, 0.25) is 5.88 Å². The van der Waals surface area contributed by atoms with Crippen molar-refractivity contribution in [1.82, 2.24) is 4.98 Å². The van der Waals surface area contributed by atoms with Gasteiger partial charge in [-0.3, -0.25) is 0 Å². The van der Waals surface area contributed by atoms with Crippen LogP contribution >= 0.6 is 15.9 Å². The summed E-state index contributed by atoms with van der Waals surface area (Å²) < 4.78 is 15.0. The molecule has 0 spiro atoms. The zero-order valence-corrected chi connectivity index (χ0v) is 23.6. The van der Waals surface area contributed by atoms with Gasteiger partial charge in [-0.25, -0.2) is 4.98 Å². The minimum Gasteiger partial charge on any atom is -0.481 e. The van der Waals surface area contributed by atoms with Crippen molar-refractivity contribution in [2.24, 2.45) is 0 Å². The predicted octanol–water partition coefficient (Wildman–Crippen LogP) is 7.64. The van der Waals surface area contributed by atoms with E-state index in [0.717, 1.165) is 38.4 Å². The Labute approximate surface area is 232 Å².